The molecule has 21 heavy (non-hydrogen) atoms. The molecule has 1 aliphatic rings. The second-order valence-electron chi connectivity index (χ2n) is 5.83. The highest BCUT2D eigenvalue weighted by molar-refractivity contribution is 5.65. The lowest BCUT2D eigenvalue weighted by molar-refractivity contribution is 0.374. The van der Waals surface area contributed by atoms with Gasteiger partial charge in [0.15, 0.2) is 5.82 Å². The molecule has 1 aromatic carbocycles. The lowest BCUT2D eigenvalue weighted by Gasteiger charge is -2.37. The normalized spacial score (nSPS) is 20.7. The number of hydrogen-bond donors (Lipinski definition) is 1. The third kappa shape index (κ3) is 2.99. The average molecular weight is 285 g/mol. The number of rotatable bonds is 4. The number of hydrogen-bond acceptors (Lipinski definition) is 3. The van der Waals surface area contributed by atoms with Crippen LogP contribution >= 0.6 is 0 Å². The summed E-state index contributed by atoms with van der Waals surface area (Å²) in [6, 6.07) is 11.3. The molecule has 0 unspecified atom stereocenters. The van der Waals surface area contributed by atoms with E-state index in [-0.39, 0.29) is 5.82 Å². The van der Waals surface area contributed by atoms with Crippen LogP contribution in [0.5, 0.6) is 0 Å². The Labute approximate surface area is 124 Å². The molecule has 0 aliphatic heterocycles. The number of nitrogens with one attached hydrogen (secondary N) is 1. The number of pyridine rings is 1. The fourth-order valence-corrected chi connectivity index (χ4v) is 2.83. The molecule has 1 saturated carbocycles. The quantitative estimate of drug-likeness (QED) is 0.929. The highest BCUT2D eigenvalue weighted by Gasteiger charge is 2.30. The van der Waals surface area contributed by atoms with E-state index in [0.29, 0.717) is 12.0 Å². The van der Waals surface area contributed by atoms with Gasteiger partial charge in [-0.1, -0.05) is 12.1 Å². The standard InChI is InChI=1S/C17H20FN3/c1-21(2)17-16(4-3-9-19-17)20-15-10-13(11-15)12-5-7-14(18)8-6-12/h3-9,13,15,20H,10-11H2,1-2H3. The van der Waals surface area contributed by atoms with E-state index in [1.165, 1.54) is 5.56 Å². The van der Waals surface area contributed by atoms with E-state index in [2.05, 4.69) is 16.4 Å². The second-order valence-corrected chi connectivity index (χ2v) is 5.83. The van der Waals surface area contributed by atoms with Crippen molar-refractivity contribution >= 4 is 11.5 Å². The van der Waals surface area contributed by atoms with Crippen LogP contribution in [-0.4, -0.2) is 25.1 Å². The number of anilines is 2. The molecular weight excluding hydrogens is 265 g/mol. The summed E-state index contributed by atoms with van der Waals surface area (Å²) in [6.45, 7) is 0. The molecule has 0 radical (unpaired) electrons. The zero-order chi connectivity index (χ0) is 14.8. The Morgan fingerprint density at radius 3 is 2.52 bits per heavy atom. The molecule has 1 fully saturated rings. The fourth-order valence-electron chi connectivity index (χ4n) is 2.83. The van der Waals surface area contributed by atoms with Crippen LogP contribution in [0.25, 0.3) is 0 Å². The van der Waals surface area contributed by atoms with Crippen LogP contribution < -0.4 is 10.2 Å². The van der Waals surface area contributed by atoms with Crippen molar-refractivity contribution in [1.82, 2.24) is 4.98 Å². The van der Waals surface area contributed by atoms with Crippen LogP contribution in [-0.2, 0) is 0 Å². The van der Waals surface area contributed by atoms with Crippen molar-refractivity contribution in [2.24, 2.45) is 0 Å². The van der Waals surface area contributed by atoms with E-state index in [1.807, 2.05) is 43.4 Å². The Morgan fingerprint density at radius 1 is 1.14 bits per heavy atom. The minimum atomic E-state index is -0.168. The summed E-state index contributed by atoms with van der Waals surface area (Å²) in [6.07, 6.45) is 3.96. The summed E-state index contributed by atoms with van der Waals surface area (Å²) < 4.78 is 12.9. The first kappa shape index (κ1) is 13.9. The highest BCUT2D eigenvalue weighted by atomic mass is 19.1. The largest absolute Gasteiger partial charge is 0.379 e. The Balaban J connectivity index is 1.61. The minimum absolute atomic E-state index is 0.168. The molecule has 1 heterocycles. The van der Waals surface area contributed by atoms with Crippen LogP contribution in [0, 0.1) is 5.82 Å². The number of nitrogens with zero attached hydrogens (tertiary/aromatic N) is 2. The lowest BCUT2D eigenvalue weighted by Crippen LogP contribution is -2.34. The molecule has 3 rings (SSSR count). The van der Waals surface area contributed by atoms with Gasteiger partial charge >= 0.3 is 0 Å². The Hall–Kier alpha value is -2.10. The van der Waals surface area contributed by atoms with E-state index in [1.54, 1.807) is 12.1 Å². The number of benzene rings is 1. The molecule has 4 heteroatoms. The van der Waals surface area contributed by atoms with Gasteiger partial charge in [0.2, 0.25) is 0 Å². The first-order valence-corrected chi connectivity index (χ1v) is 7.28. The predicted octanol–water partition coefficient (Wildman–Crippen LogP) is 3.64. The number of halogens is 1. The molecule has 0 spiro atoms. The molecule has 110 valence electrons. The van der Waals surface area contributed by atoms with Crippen LogP contribution in [0.15, 0.2) is 42.6 Å². The van der Waals surface area contributed by atoms with E-state index in [4.69, 9.17) is 0 Å². The maximum absolute atomic E-state index is 12.9. The Morgan fingerprint density at radius 2 is 1.86 bits per heavy atom. The number of aromatic nitrogens is 1. The highest BCUT2D eigenvalue weighted by Crippen LogP contribution is 2.39. The van der Waals surface area contributed by atoms with Gasteiger partial charge < -0.3 is 10.2 Å². The summed E-state index contributed by atoms with van der Waals surface area (Å²) in [5.74, 6) is 1.32. The van der Waals surface area contributed by atoms with E-state index in [9.17, 15) is 4.39 Å². The molecule has 1 aliphatic carbocycles. The van der Waals surface area contributed by atoms with Gasteiger partial charge in [0.05, 0.1) is 5.69 Å². The zero-order valence-electron chi connectivity index (χ0n) is 12.4. The average Bonchev–Trinajstić information content (AvgIpc) is 2.44. The fraction of sp³-hybridized carbons (Fsp3) is 0.353. The van der Waals surface area contributed by atoms with Crippen molar-refractivity contribution in [2.45, 2.75) is 24.8 Å². The predicted molar refractivity (Wildman–Crippen MR) is 84.3 cm³/mol. The molecule has 0 saturated heterocycles. The van der Waals surface area contributed by atoms with Crippen molar-refractivity contribution in [3.05, 3.63) is 54.0 Å². The van der Waals surface area contributed by atoms with E-state index in [0.717, 1.165) is 24.3 Å². The molecule has 1 aromatic heterocycles. The SMILES string of the molecule is CN(C)c1ncccc1NC1CC(c2ccc(F)cc2)C1. The summed E-state index contributed by atoms with van der Waals surface area (Å²) >= 11 is 0. The van der Waals surface area contributed by atoms with Crippen molar-refractivity contribution in [3.8, 4) is 0 Å². The summed E-state index contributed by atoms with van der Waals surface area (Å²) in [4.78, 5) is 6.41. The van der Waals surface area contributed by atoms with E-state index < -0.39 is 0 Å². The van der Waals surface area contributed by atoms with Gasteiger partial charge in [-0.25, -0.2) is 9.37 Å². The van der Waals surface area contributed by atoms with Crippen LogP contribution in [0.1, 0.15) is 24.3 Å². The Bertz CT molecular complexity index is 604. The van der Waals surface area contributed by atoms with Crippen molar-refractivity contribution in [2.75, 3.05) is 24.3 Å². The molecule has 3 nitrogen and oxygen atoms in total. The van der Waals surface area contributed by atoms with Crippen LogP contribution in [0.3, 0.4) is 0 Å². The maximum Gasteiger partial charge on any atom is 0.151 e. The smallest absolute Gasteiger partial charge is 0.151 e. The third-order valence-electron chi connectivity index (χ3n) is 4.05. The van der Waals surface area contributed by atoms with Gasteiger partial charge in [-0.3, -0.25) is 0 Å². The van der Waals surface area contributed by atoms with Gasteiger partial charge in [0, 0.05) is 26.3 Å². The van der Waals surface area contributed by atoms with Gasteiger partial charge in [-0.2, -0.15) is 0 Å². The van der Waals surface area contributed by atoms with Gasteiger partial charge in [0.1, 0.15) is 5.82 Å². The monoisotopic (exact) mass is 285 g/mol. The van der Waals surface area contributed by atoms with Crippen LogP contribution in [0.4, 0.5) is 15.9 Å². The molecular formula is C17H20FN3. The molecule has 1 N–H and O–H groups in total. The second kappa shape index (κ2) is 5.72. The first-order chi connectivity index (χ1) is 10.1. The molecule has 0 amide bonds. The summed E-state index contributed by atoms with van der Waals surface area (Å²) in [7, 11) is 3.99. The van der Waals surface area contributed by atoms with Gasteiger partial charge in [-0.15, -0.1) is 0 Å². The summed E-state index contributed by atoms with van der Waals surface area (Å²) in [5, 5.41) is 3.56. The van der Waals surface area contributed by atoms with Gasteiger partial charge in [0.25, 0.3) is 0 Å². The lowest BCUT2D eigenvalue weighted by atomic mass is 9.76. The van der Waals surface area contributed by atoms with Crippen molar-refractivity contribution < 1.29 is 4.39 Å². The topological polar surface area (TPSA) is 28.2 Å². The first-order valence-electron chi connectivity index (χ1n) is 7.28. The van der Waals surface area contributed by atoms with Crippen LogP contribution in [0.2, 0.25) is 0 Å². The van der Waals surface area contributed by atoms with E-state index >= 15 is 0 Å². The maximum atomic E-state index is 12.9. The third-order valence-corrected chi connectivity index (χ3v) is 4.05. The molecule has 0 atom stereocenters. The minimum Gasteiger partial charge on any atom is -0.379 e. The Kier molecular flexibility index (Phi) is 3.78. The molecule has 2 aromatic rings. The van der Waals surface area contributed by atoms with Crippen molar-refractivity contribution in [1.29, 1.82) is 0 Å². The summed E-state index contributed by atoms with van der Waals surface area (Å²) in [5.41, 5.74) is 2.30. The van der Waals surface area contributed by atoms with Crippen molar-refractivity contribution in [3.63, 3.8) is 0 Å². The van der Waals surface area contributed by atoms with Gasteiger partial charge in [-0.05, 0) is 48.6 Å². The zero-order valence-corrected chi connectivity index (χ0v) is 12.4. The molecule has 0 bridgehead atoms.